The van der Waals surface area contributed by atoms with Crippen molar-refractivity contribution >= 4 is 11.9 Å². The zero-order valence-electron chi connectivity index (χ0n) is 13.0. The van der Waals surface area contributed by atoms with Gasteiger partial charge in [0.05, 0.1) is 12.5 Å². The van der Waals surface area contributed by atoms with Gasteiger partial charge in [0.1, 0.15) is 5.75 Å². The van der Waals surface area contributed by atoms with Gasteiger partial charge in [-0.3, -0.25) is 9.59 Å². The fourth-order valence-electron chi connectivity index (χ4n) is 2.57. The van der Waals surface area contributed by atoms with Gasteiger partial charge in [-0.2, -0.15) is 0 Å². The molecule has 1 aromatic carbocycles. The van der Waals surface area contributed by atoms with E-state index < -0.39 is 11.9 Å². The van der Waals surface area contributed by atoms with E-state index in [9.17, 15) is 9.59 Å². The largest absolute Gasteiger partial charge is 0.494 e. The van der Waals surface area contributed by atoms with Gasteiger partial charge in [0.25, 0.3) is 5.91 Å². The van der Waals surface area contributed by atoms with Crippen LogP contribution in [0.5, 0.6) is 5.75 Å². The molecule has 1 fully saturated rings. The zero-order valence-corrected chi connectivity index (χ0v) is 13.0. The molecule has 0 aliphatic carbocycles. The second kappa shape index (κ2) is 7.82. The van der Waals surface area contributed by atoms with Crippen LogP contribution in [0.1, 0.15) is 43.0 Å². The third-order valence-corrected chi connectivity index (χ3v) is 3.93. The molecule has 1 atom stereocenters. The van der Waals surface area contributed by atoms with Crippen LogP contribution in [0.25, 0.3) is 0 Å². The Kier molecular flexibility index (Phi) is 5.81. The third kappa shape index (κ3) is 4.23. The number of carboxylic acid groups (broad SMARTS) is 1. The molecular weight excluding hydrogens is 282 g/mol. The number of hydrogen-bond acceptors (Lipinski definition) is 3. The van der Waals surface area contributed by atoms with Gasteiger partial charge < -0.3 is 14.7 Å². The number of likely N-dealkylation sites (tertiary alicyclic amines) is 1. The van der Waals surface area contributed by atoms with Crippen LogP contribution in [-0.2, 0) is 4.79 Å². The molecule has 1 heterocycles. The normalized spacial score (nSPS) is 18.0. The van der Waals surface area contributed by atoms with E-state index in [-0.39, 0.29) is 5.91 Å². The number of aliphatic carboxylic acids is 1. The summed E-state index contributed by atoms with van der Waals surface area (Å²) >= 11 is 0. The first kappa shape index (κ1) is 16.3. The summed E-state index contributed by atoms with van der Waals surface area (Å²) in [5, 5.41) is 9.09. The van der Waals surface area contributed by atoms with Crippen LogP contribution in [0.15, 0.2) is 24.3 Å². The van der Waals surface area contributed by atoms with Crippen molar-refractivity contribution in [1.82, 2.24) is 4.90 Å². The van der Waals surface area contributed by atoms with E-state index in [0.29, 0.717) is 31.7 Å². The monoisotopic (exact) mass is 305 g/mol. The molecule has 1 aliphatic rings. The maximum absolute atomic E-state index is 12.4. The summed E-state index contributed by atoms with van der Waals surface area (Å²) in [5.74, 6) is -0.621. The Hall–Kier alpha value is -2.04. The Balaban J connectivity index is 1.95. The van der Waals surface area contributed by atoms with Gasteiger partial charge in [-0.15, -0.1) is 0 Å². The molecule has 0 bridgehead atoms. The second-order valence-electron chi connectivity index (χ2n) is 5.65. The summed E-state index contributed by atoms with van der Waals surface area (Å²) in [6.07, 6.45) is 3.46. The molecule has 5 nitrogen and oxygen atoms in total. The molecule has 1 unspecified atom stereocenters. The predicted octanol–water partition coefficient (Wildman–Crippen LogP) is 2.80. The second-order valence-corrected chi connectivity index (χ2v) is 5.65. The highest BCUT2D eigenvalue weighted by atomic mass is 16.5. The molecule has 1 saturated heterocycles. The molecular formula is C17H23NO4. The number of amides is 1. The van der Waals surface area contributed by atoms with E-state index >= 15 is 0 Å². The maximum Gasteiger partial charge on any atom is 0.308 e. The summed E-state index contributed by atoms with van der Waals surface area (Å²) in [6, 6.07) is 7.07. The van der Waals surface area contributed by atoms with Gasteiger partial charge >= 0.3 is 5.97 Å². The van der Waals surface area contributed by atoms with E-state index in [1.807, 2.05) is 0 Å². The van der Waals surface area contributed by atoms with Gasteiger partial charge in [-0.25, -0.2) is 0 Å². The number of carboxylic acids is 1. The quantitative estimate of drug-likeness (QED) is 0.821. The van der Waals surface area contributed by atoms with Crippen LogP contribution >= 0.6 is 0 Å². The standard InChI is InChI=1S/C17H23NO4/c1-2-3-11-22-15-8-6-13(7-9-15)16(19)18-10-4-5-14(12-18)17(20)21/h6-9,14H,2-5,10-12H2,1H3,(H,20,21). The maximum atomic E-state index is 12.4. The zero-order chi connectivity index (χ0) is 15.9. The first-order valence-electron chi connectivity index (χ1n) is 7.86. The Morgan fingerprint density at radius 3 is 2.68 bits per heavy atom. The fourth-order valence-corrected chi connectivity index (χ4v) is 2.57. The average Bonchev–Trinajstić information content (AvgIpc) is 2.55. The number of piperidine rings is 1. The van der Waals surface area contributed by atoms with Crippen LogP contribution in [0.4, 0.5) is 0 Å². The molecule has 0 spiro atoms. The predicted molar refractivity (Wildman–Crippen MR) is 83.1 cm³/mol. The van der Waals surface area contributed by atoms with Crippen molar-refractivity contribution in [2.75, 3.05) is 19.7 Å². The van der Waals surface area contributed by atoms with Crippen molar-refractivity contribution in [2.24, 2.45) is 5.92 Å². The van der Waals surface area contributed by atoms with Crippen molar-refractivity contribution in [3.63, 3.8) is 0 Å². The molecule has 0 saturated carbocycles. The van der Waals surface area contributed by atoms with Crippen LogP contribution in [0.3, 0.4) is 0 Å². The Bertz CT molecular complexity index is 512. The Labute approximate surface area is 130 Å². The highest BCUT2D eigenvalue weighted by molar-refractivity contribution is 5.94. The summed E-state index contributed by atoms with van der Waals surface area (Å²) in [7, 11) is 0. The highest BCUT2D eigenvalue weighted by Gasteiger charge is 2.28. The number of unbranched alkanes of at least 4 members (excludes halogenated alkanes) is 1. The Morgan fingerprint density at radius 2 is 2.05 bits per heavy atom. The molecule has 120 valence electrons. The molecule has 1 aromatic rings. The van der Waals surface area contributed by atoms with Crippen LogP contribution in [0, 0.1) is 5.92 Å². The molecule has 1 N–H and O–H groups in total. The van der Waals surface area contributed by atoms with Gasteiger partial charge in [-0.1, -0.05) is 13.3 Å². The van der Waals surface area contributed by atoms with Crippen LogP contribution < -0.4 is 4.74 Å². The third-order valence-electron chi connectivity index (χ3n) is 3.93. The minimum absolute atomic E-state index is 0.106. The lowest BCUT2D eigenvalue weighted by Crippen LogP contribution is -2.42. The van der Waals surface area contributed by atoms with Crippen molar-refractivity contribution in [3.8, 4) is 5.75 Å². The number of ether oxygens (including phenoxy) is 1. The minimum atomic E-state index is -0.822. The first-order valence-corrected chi connectivity index (χ1v) is 7.86. The summed E-state index contributed by atoms with van der Waals surface area (Å²) in [5.41, 5.74) is 0.578. The van der Waals surface area contributed by atoms with E-state index in [2.05, 4.69) is 6.92 Å². The lowest BCUT2D eigenvalue weighted by molar-refractivity contribution is -0.143. The van der Waals surface area contributed by atoms with Gasteiger partial charge in [0.15, 0.2) is 0 Å². The molecule has 1 amide bonds. The van der Waals surface area contributed by atoms with E-state index in [4.69, 9.17) is 9.84 Å². The number of rotatable bonds is 6. The smallest absolute Gasteiger partial charge is 0.308 e. The molecule has 22 heavy (non-hydrogen) atoms. The number of carbonyl (C=O) groups excluding carboxylic acids is 1. The van der Waals surface area contributed by atoms with E-state index in [0.717, 1.165) is 25.0 Å². The van der Waals surface area contributed by atoms with Crippen molar-refractivity contribution < 1.29 is 19.4 Å². The summed E-state index contributed by atoms with van der Waals surface area (Å²) in [4.78, 5) is 25.1. The fraction of sp³-hybridized carbons (Fsp3) is 0.529. The SMILES string of the molecule is CCCCOc1ccc(C(=O)N2CCCC(C(=O)O)C2)cc1. The summed E-state index contributed by atoms with van der Waals surface area (Å²) in [6.45, 7) is 3.70. The molecule has 5 heteroatoms. The summed E-state index contributed by atoms with van der Waals surface area (Å²) < 4.78 is 5.57. The van der Waals surface area contributed by atoms with Crippen molar-refractivity contribution in [1.29, 1.82) is 0 Å². The first-order chi connectivity index (χ1) is 10.6. The topological polar surface area (TPSA) is 66.8 Å². The van der Waals surface area contributed by atoms with Gasteiger partial charge in [0.2, 0.25) is 0 Å². The number of benzene rings is 1. The van der Waals surface area contributed by atoms with Gasteiger partial charge in [-0.05, 0) is 43.5 Å². The van der Waals surface area contributed by atoms with E-state index in [1.165, 1.54) is 0 Å². The van der Waals surface area contributed by atoms with Crippen LogP contribution in [0.2, 0.25) is 0 Å². The number of nitrogens with zero attached hydrogens (tertiary/aromatic N) is 1. The lowest BCUT2D eigenvalue weighted by Gasteiger charge is -2.30. The van der Waals surface area contributed by atoms with Crippen molar-refractivity contribution in [2.45, 2.75) is 32.6 Å². The Morgan fingerprint density at radius 1 is 1.32 bits per heavy atom. The van der Waals surface area contributed by atoms with Crippen LogP contribution in [-0.4, -0.2) is 41.6 Å². The number of hydrogen-bond donors (Lipinski definition) is 1. The van der Waals surface area contributed by atoms with Crippen molar-refractivity contribution in [3.05, 3.63) is 29.8 Å². The lowest BCUT2D eigenvalue weighted by atomic mass is 9.97. The number of carbonyl (C=O) groups is 2. The van der Waals surface area contributed by atoms with Gasteiger partial charge in [0, 0.05) is 18.7 Å². The van der Waals surface area contributed by atoms with E-state index in [1.54, 1.807) is 29.2 Å². The molecule has 0 radical (unpaired) electrons. The molecule has 1 aliphatic heterocycles. The average molecular weight is 305 g/mol. The highest BCUT2D eigenvalue weighted by Crippen LogP contribution is 2.20. The minimum Gasteiger partial charge on any atom is -0.494 e. The molecule has 0 aromatic heterocycles. The molecule has 2 rings (SSSR count).